The van der Waals surface area contributed by atoms with Crippen molar-refractivity contribution in [1.29, 1.82) is 0 Å². The van der Waals surface area contributed by atoms with Gasteiger partial charge in [-0.1, -0.05) is 35.5 Å². The lowest BCUT2D eigenvalue weighted by atomic mass is 10.2. The second-order valence-corrected chi connectivity index (χ2v) is 8.43. The summed E-state index contributed by atoms with van der Waals surface area (Å²) in [6.45, 7) is 3.70. The van der Waals surface area contributed by atoms with Crippen LogP contribution in [-0.4, -0.2) is 31.4 Å². The van der Waals surface area contributed by atoms with Crippen LogP contribution in [0.2, 0.25) is 5.02 Å². The quantitative estimate of drug-likeness (QED) is 0.381. The fourth-order valence-corrected chi connectivity index (χ4v) is 4.06. The van der Waals surface area contributed by atoms with Crippen LogP contribution in [0.15, 0.2) is 66.1 Å². The molecule has 162 valence electrons. The standard InChI is InChI=1S/C23H19ClFN5OS/c1-14-6-7-19(18(25)12-14)27-21(31)13-32-23-29-28-22(16-8-10-26-11-9-16)30(23)20-5-3-4-17(24)15(20)2/h3-12H,13H2,1-2H3,(H,27,31). The van der Waals surface area contributed by atoms with Gasteiger partial charge < -0.3 is 5.32 Å². The van der Waals surface area contributed by atoms with Crippen LogP contribution in [0.3, 0.4) is 0 Å². The average Bonchev–Trinajstić information content (AvgIpc) is 3.20. The van der Waals surface area contributed by atoms with Gasteiger partial charge in [-0.2, -0.15) is 0 Å². The molecule has 0 atom stereocenters. The number of amides is 1. The summed E-state index contributed by atoms with van der Waals surface area (Å²) < 4.78 is 15.9. The van der Waals surface area contributed by atoms with Crippen molar-refractivity contribution in [2.75, 3.05) is 11.1 Å². The Hall–Kier alpha value is -3.23. The minimum atomic E-state index is -0.471. The number of carbonyl (C=O) groups excluding carboxylic acids is 1. The number of carbonyl (C=O) groups is 1. The Morgan fingerprint density at radius 2 is 1.91 bits per heavy atom. The third-order valence-corrected chi connectivity index (χ3v) is 6.12. The average molecular weight is 468 g/mol. The fourth-order valence-electron chi connectivity index (χ4n) is 3.14. The number of nitrogens with one attached hydrogen (secondary N) is 1. The largest absolute Gasteiger partial charge is 0.323 e. The molecule has 0 radical (unpaired) electrons. The molecule has 4 aromatic rings. The Bertz CT molecular complexity index is 1280. The molecule has 0 unspecified atom stereocenters. The van der Waals surface area contributed by atoms with Gasteiger partial charge in [-0.25, -0.2) is 4.39 Å². The number of halogens is 2. The first-order valence-corrected chi connectivity index (χ1v) is 11.1. The lowest BCUT2D eigenvalue weighted by Gasteiger charge is -2.14. The second-order valence-electron chi connectivity index (χ2n) is 7.08. The van der Waals surface area contributed by atoms with Crippen LogP contribution >= 0.6 is 23.4 Å². The highest BCUT2D eigenvalue weighted by atomic mass is 35.5. The van der Waals surface area contributed by atoms with E-state index >= 15 is 0 Å². The van der Waals surface area contributed by atoms with Crippen molar-refractivity contribution in [2.24, 2.45) is 0 Å². The van der Waals surface area contributed by atoms with E-state index in [0.29, 0.717) is 16.0 Å². The number of hydrogen-bond donors (Lipinski definition) is 1. The molecular weight excluding hydrogens is 449 g/mol. The third-order valence-electron chi connectivity index (χ3n) is 4.78. The van der Waals surface area contributed by atoms with Crippen LogP contribution in [0, 0.1) is 19.7 Å². The van der Waals surface area contributed by atoms with E-state index in [1.54, 1.807) is 31.5 Å². The van der Waals surface area contributed by atoms with Crippen molar-refractivity contribution in [2.45, 2.75) is 19.0 Å². The highest BCUT2D eigenvalue weighted by Gasteiger charge is 2.19. The van der Waals surface area contributed by atoms with Gasteiger partial charge in [-0.3, -0.25) is 14.3 Å². The summed E-state index contributed by atoms with van der Waals surface area (Å²) in [5, 5.41) is 12.4. The SMILES string of the molecule is Cc1ccc(NC(=O)CSc2nnc(-c3ccncc3)n2-c2cccc(Cl)c2C)c(F)c1. The first-order chi connectivity index (χ1) is 15.4. The van der Waals surface area contributed by atoms with E-state index in [1.165, 1.54) is 17.8 Å². The smallest absolute Gasteiger partial charge is 0.234 e. The molecule has 0 fully saturated rings. The minimum absolute atomic E-state index is 0.0292. The van der Waals surface area contributed by atoms with Gasteiger partial charge in [0.15, 0.2) is 11.0 Å². The van der Waals surface area contributed by atoms with Crippen LogP contribution in [-0.2, 0) is 4.79 Å². The molecule has 0 saturated heterocycles. The summed E-state index contributed by atoms with van der Waals surface area (Å²) in [5.41, 5.74) is 3.42. The molecule has 1 amide bonds. The molecule has 9 heteroatoms. The zero-order chi connectivity index (χ0) is 22.7. The number of rotatable bonds is 6. The van der Waals surface area contributed by atoms with Gasteiger partial charge in [0.05, 0.1) is 17.1 Å². The Kier molecular flexibility index (Phi) is 6.53. The third kappa shape index (κ3) is 4.66. The number of nitrogens with zero attached hydrogens (tertiary/aromatic N) is 4. The van der Waals surface area contributed by atoms with E-state index in [1.807, 2.05) is 41.8 Å². The van der Waals surface area contributed by atoms with Gasteiger partial charge in [-0.05, 0) is 61.4 Å². The zero-order valence-electron chi connectivity index (χ0n) is 17.3. The zero-order valence-corrected chi connectivity index (χ0v) is 18.9. The summed E-state index contributed by atoms with van der Waals surface area (Å²) in [5.74, 6) is -0.187. The summed E-state index contributed by atoms with van der Waals surface area (Å²) in [6, 6.07) is 13.9. The molecule has 32 heavy (non-hydrogen) atoms. The van der Waals surface area contributed by atoms with Crippen LogP contribution < -0.4 is 5.32 Å². The Morgan fingerprint density at radius 1 is 1.12 bits per heavy atom. The van der Waals surface area contributed by atoms with Crippen molar-refractivity contribution in [3.8, 4) is 17.1 Å². The van der Waals surface area contributed by atoms with E-state index in [0.717, 1.165) is 22.4 Å². The lowest BCUT2D eigenvalue weighted by Crippen LogP contribution is -2.15. The minimum Gasteiger partial charge on any atom is -0.323 e. The maximum atomic E-state index is 14.1. The predicted octanol–water partition coefficient (Wildman–Crippen LogP) is 5.47. The molecule has 0 aliphatic heterocycles. The van der Waals surface area contributed by atoms with Crippen LogP contribution in [0.5, 0.6) is 0 Å². The number of benzene rings is 2. The van der Waals surface area contributed by atoms with Gasteiger partial charge >= 0.3 is 0 Å². The lowest BCUT2D eigenvalue weighted by molar-refractivity contribution is -0.113. The number of pyridine rings is 1. The second kappa shape index (κ2) is 9.50. The van der Waals surface area contributed by atoms with Crippen LogP contribution in [0.4, 0.5) is 10.1 Å². The molecule has 0 aliphatic carbocycles. The van der Waals surface area contributed by atoms with E-state index in [9.17, 15) is 9.18 Å². The van der Waals surface area contributed by atoms with Gasteiger partial charge in [0.1, 0.15) is 5.82 Å². The van der Waals surface area contributed by atoms with E-state index in [-0.39, 0.29) is 17.3 Å². The summed E-state index contributed by atoms with van der Waals surface area (Å²) in [4.78, 5) is 16.5. The van der Waals surface area contributed by atoms with E-state index in [4.69, 9.17) is 11.6 Å². The topological polar surface area (TPSA) is 72.7 Å². The van der Waals surface area contributed by atoms with Crippen LogP contribution in [0.25, 0.3) is 17.1 Å². The van der Waals surface area contributed by atoms with Crippen molar-refractivity contribution < 1.29 is 9.18 Å². The highest BCUT2D eigenvalue weighted by Crippen LogP contribution is 2.31. The molecule has 4 rings (SSSR count). The predicted molar refractivity (Wildman–Crippen MR) is 125 cm³/mol. The molecule has 0 spiro atoms. The van der Waals surface area contributed by atoms with Crippen molar-refractivity contribution >= 4 is 35.0 Å². The number of aromatic nitrogens is 4. The molecule has 2 aromatic heterocycles. The summed E-state index contributed by atoms with van der Waals surface area (Å²) >= 11 is 7.56. The van der Waals surface area contributed by atoms with E-state index < -0.39 is 5.82 Å². The van der Waals surface area contributed by atoms with Gasteiger partial charge in [0.2, 0.25) is 5.91 Å². The molecule has 2 aromatic carbocycles. The molecular formula is C23H19ClFN5OS. The molecule has 6 nitrogen and oxygen atoms in total. The van der Waals surface area contributed by atoms with E-state index in [2.05, 4.69) is 20.5 Å². The number of anilines is 1. The van der Waals surface area contributed by atoms with Crippen molar-refractivity contribution in [3.63, 3.8) is 0 Å². The van der Waals surface area contributed by atoms with Gasteiger partial charge in [-0.15, -0.1) is 10.2 Å². The highest BCUT2D eigenvalue weighted by molar-refractivity contribution is 7.99. The summed E-state index contributed by atoms with van der Waals surface area (Å²) in [7, 11) is 0. The molecule has 2 heterocycles. The normalized spacial score (nSPS) is 10.9. The number of hydrogen-bond acceptors (Lipinski definition) is 5. The number of aryl methyl sites for hydroxylation is 1. The van der Waals surface area contributed by atoms with Crippen LogP contribution in [0.1, 0.15) is 11.1 Å². The van der Waals surface area contributed by atoms with Crippen molar-refractivity contribution in [3.05, 3.63) is 82.9 Å². The maximum absolute atomic E-state index is 14.1. The van der Waals surface area contributed by atoms with Gasteiger partial charge in [0, 0.05) is 23.0 Å². The Balaban J connectivity index is 1.63. The maximum Gasteiger partial charge on any atom is 0.234 e. The first-order valence-electron chi connectivity index (χ1n) is 9.74. The van der Waals surface area contributed by atoms with Gasteiger partial charge in [0.25, 0.3) is 0 Å². The Labute approximate surface area is 193 Å². The Morgan fingerprint density at radius 3 is 2.66 bits per heavy atom. The molecule has 1 N–H and O–H groups in total. The molecule has 0 aliphatic rings. The fraction of sp³-hybridized carbons (Fsp3) is 0.130. The molecule has 0 saturated carbocycles. The first kappa shape index (κ1) is 22.0. The monoisotopic (exact) mass is 467 g/mol. The van der Waals surface area contributed by atoms with Crippen molar-refractivity contribution in [1.82, 2.24) is 19.7 Å². The summed E-state index contributed by atoms with van der Waals surface area (Å²) in [6.07, 6.45) is 3.35. The molecule has 0 bridgehead atoms. The number of thioether (sulfide) groups is 1.